The zero-order chi connectivity index (χ0) is 19.6. The van der Waals surface area contributed by atoms with Gasteiger partial charge < -0.3 is 9.88 Å². The highest BCUT2D eigenvalue weighted by Crippen LogP contribution is 2.25. The van der Waals surface area contributed by atoms with Gasteiger partial charge in [0.15, 0.2) is 0 Å². The fourth-order valence-electron chi connectivity index (χ4n) is 2.91. The number of hydrazone groups is 1. The van der Waals surface area contributed by atoms with Crippen molar-refractivity contribution in [1.29, 1.82) is 0 Å². The monoisotopic (exact) mass is 366 g/mol. The molecule has 0 radical (unpaired) electrons. The summed E-state index contributed by atoms with van der Waals surface area (Å²) in [7, 11) is 0. The Labute approximate surface area is 157 Å². The summed E-state index contributed by atoms with van der Waals surface area (Å²) in [5.74, 6) is -0.515. The van der Waals surface area contributed by atoms with E-state index in [0.29, 0.717) is 17.9 Å². The van der Waals surface area contributed by atoms with Gasteiger partial charge in [-0.15, -0.1) is 0 Å². The number of hydrogen-bond acceptors (Lipinski definition) is 4. The number of pyridine rings is 1. The van der Waals surface area contributed by atoms with Gasteiger partial charge in [0.2, 0.25) is 5.91 Å². The summed E-state index contributed by atoms with van der Waals surface area (Å²) in [4.78, 5) is 36.6. The number of aryl methyl sites for hydroxylation is 3. The van der Waals surface area contributed by atoms with Crippen molar-refractivity contribution in [2.24, 2.45) is 5.10 Å². The lowest BCUT2D eigenvalue weighted by molar-refractivity contribution is -0.118. The zero-order valence-electron chi connectivity index (χ0n) is 15.7. The second-order valence-electron chi connectivity index (χ2n) is 6.54. The van der Waals surface area contributed by atoms with Crippen LogP contribution in [0.15, 0.2) is 46.4 Å². The molecule has 1 N–H and O–H groups in total. The van der Waals surface area contributed by atoms with Crippen molar-refractivity contribution in [2.45, 2.75) is 40.2 Å². The van der Waals surface area contributed by atoms with Crippen LogP contribution in [0.4, 0.5) is 11.4 Å². The SMILES string of the molecule is CCn1cc(NC(=O)C2=NN(c3cc(C)ccc3C)C(=O)CC2)ccc1=O. The van der Waals surface area contributed by atoms with Crippen LogP contribution in [0.3, 0.4) is 0 Å². The van der Waals surface area contributed by atoms with E-state index in [2.05, 4.69) is 10.4 Å². The van der Waals surface area contributed by atoms with Gasteiger partial charge >= 0.3 is 0 Å². The number of carbonyl (C=O) groups is 2. The van der Waals surface area contributed by atoms with Gasteiger partial charge in [0, 0.05) is 31.6 Å². The first-order valence-electron chi connectivity index (χ1n) is 8.88. The molecule has 7 heteroatoms. The van der Waals surface area contributed by atoms with Gasteiger partial charge in [-0.05, 0) is 44.0 Å². The van der Waals surface area contributed by atoms with Crippen molar-refractivity contribution in [1.82, 2.24) is 4.57 Å². The van der Waals surface area contributed by atoms with Crippen LogP contribution in [0.1, 0.15) is 30.9 Å². The van der Waals surface area contributed by atoms with Crippen molar-refractivity contribution in [3.8, 4) is 0 Å². The number of nitrogens with zero attached hydrogens (tertiary/aromatic N) is 3. The fraction of sp³-hybridized carbons (Fsp3) is 0.300. The minimum atomic E-state index is -0.376. The highest BCUT2D eigenvalue weighted by Gasteiger charge is 2.26. The van der Waals surface area contributed by atoms with E-state index in [-0.39, 0.29) is 35.9 Å². The summed E-state index contributed by atoms with van der Waals surface area (Å²) in [6, 6.07) is 8.74. The zero-order valence-corrected chi connectivity index (χ0v) is 15.7. The van der Waals surface area contributed by atoms with E-state index < -0.39 is 0 Å². The molecule has 0 atom stereocenters. The Morgan fingerprint density at radius 1 is 1.15 bits per heavy atom. The average molecular weight is 366 g/mol. The van der Waals surface area contributed by atoms with Crippen LogP contribution >= 0.6 is 0 Å². The molecule has 1 aromatic carbocycles. The van der Waals surface area contributed by atoms with Crippen molar-refractivity contribution in [2.75, 3.05) is 10.3 Å². The van der Waals surface area contributed by atoms with Gasteiger partial charge in [-0.1, -0.05) is 12.1 Å². The molecule has 2 aromatic rings. The van der Waals surface area contributed by atoms with E-state index in [1.54, 1.807) is 12.3 Å². The standard InChI is InChI=1S/C20H22N4O3/c1-4-23-12-15(7-9-18(23)25)21-20(27)16-8-10-19(26)24(22-16)17-11-13(2)5-6-14(17)3/h5-7,9,11-12H,4,8,10H2,1-3H3,(H,21,27). The lowest BCUT2D eigenvalue weighted by atomic mass is 10.1. The molecule has 7 nitrogen and oxygen atoms in total. The van der Waals surface area contributed by atoms with Gasteiger partial charge in [-0.2, -0.15) is 5.10 Å². The molecule has 1 aliphatic rings. The summed E-state index contributed by atoms with van der Waals surface area (Å²) < 4.78 is 1.50. The van der Waals surface area contributed by atoms with Gasteiger partial charge in [-0.3, -0.25) is 14.4 Å². The van der Waals surface area contributed by atoms with Crippen LogP contribution < -0.4 is 15.9 Å². The molecule has 2 amide bonds. The summed E-state index contributed by atoms with van der Waals surface area (Å²) >= 11 is 0. The maximum absolute atomic E-state index is 12.6. The third kappa shape index (κ3) is 3.97. The van der Waals surface area contributed by atoms with Gasteiger partial charge in [0.05, 0.1) is 11.4 Å². The molecule has 140 valence electrons. The van der Waals surface area contributed by atoms with Crippen LogP contribution in [0.5, 0.6) is 0 Å². The van der Waals surface area contributed by atoms with E-state index in [1.165, 1.54) is 15.6 Å². The first-order valence-corrected chi connectivity index (χ1v) is 8.88. The summed E-state index contributed by atoms with van der Waals surface area (Å²) in [6.45, 7) is 6.21. The average Bonchev–Trinajstić information content (AvgIpc) is 2.65. The number of nitrogens with one attached hydrogen (secondary N) is 1. The third-order valence-corrected chi connectivity index (χ3v) is 4.47. The Bertz CT molecular complexity index is 991. The van der Waals surface area contributed by atoms with Gasteiger partial charge in [0.25, 0.3) is 11.5 Å². The molecule has 1 aromatic heterocycles. The molecule has 27 heavy (non-hydrogen) atoms. The van der Waals surface area contributed by atoms with Crippen molar-refractivity contribution in [3.05, 3.63) is 58.0 Å². The Hall–Kier alpha value is -3.22. The summed E-state index contributed by atoms with van der Waals surface area (Å²) in [6.07, 6.45) is 2.09. The highest BCUT2D eigenvalue weighted by atomic mass is 16.2. The summed E-state index contributed by atoms with van der Waals surface area (Å²) in [5, 5.41) is 8.38. The first-order chi connectivity index (χ1) is 12.9. The molecule has 3 rings (SSSR count). The van der Waals surface area contributed by atoms with E-state index in [4.69, 9.17) is 0 Å². The van der Waals surface area contributed by atoms with Crippen LogP contribution in [-0.2, 0) is 16.1 Å². The van der Waals surface area contributed by atoms with E-state index >= 15 is 0 Å². The fourth-order valence-corrected chi connectivity index (χ4v) is 2.91. The van der Waals surface area contributed by atoms with Crippen LogP contribution in [0.2, 0.25) is 0 Å². The highest BCUT2D eigenvalue weighted by molar-refractivity contribution is 6.44. The molecule has 0 spiro atoms. The third-order valence-electron chi connectivity index (χ3n) is 4.47. The Balaban J connectivity index is 1.87. The summed E-state index contributed by atoms with van der Waals surface area (Å²) in [5.41, 5.74) is 3.28. The number of hydrogen-bond donors (Lipinski definition) is 1. The van der Waals surface area contributed by atoms with Crippen LogP contribution in [0, 0.1) is 13.8 Å². The molecular weight excluding hydrogens is 344 g/mol. The predicted molar refractivity (Wildman–Crippen MR) is 105 cm³/mol. The molecule has 0 unspecified atom stereocenters. The van der Waals surface area contributed by atoms with Crippen molar-refractivity contribution in [3.63, 3.8) is 0 Å². The molecule has 0 saturated carbocycles. The molecule has 0 fully saturated rings. The van der Waals surface area contributed by atoms with Crippen molar-refractivity contribution < 1.29 is 9.59 Å². The lowest BCUT2D eigenvalue weighted by Crippen LogP contribution is -2.36. The van der Waals surface area contributed by atoms with Crippen molar-refractivity contribution >= 4 is 28.9 Å². The molecule has 0 bridgehead atoms. The van der Waals surface area contributed by atoms with E-state index in [9.17, 15) is 14.4 Å². The maximum atomic E-state index is 12.6. The van der Waals surface area contributed by atoms with Gasteiger partial charge in [0.1, 0.15) is 5.71 Å². The minimum absolute atomic E-state index is 0.128. The lowest BCUT2D eigenvalue weighted by Gasteiger charge is -2.24. The number of benzene rings is 1. The second-order valence-corrected chi connectivity index (χ2v) is 6.54. The first kappa shape index (κ1) is 18.6. The number of amides is 2. The number of rotatable bonds is 4. The molecular formula is C20H22N4O3. The Kier molecular flexibility index (Phi) is 5.21. The number of aromatic nitrogens is 1. The Morgan fingerprint density at radius 2 is 1.93 bits per heavy atom. The number of carbonyl (C=O) groups excluding carboxylic acids is 2. The topological polar surface area (TPSA) is 83.8 Å². The Morgan fingerprint density at radius 3 is 2.67 bits per heavy atom. The quantitative estimate of drug-likeness (QED) is 0.903. The molecule has 1 aliphatic heterocycles. The van der Waals surface area contributed by atoms with E-state index in [1.807, 2.05) is 39.0 Å². The van der Waals surface area contributed by atoms with Gasteiger partial charge in [-0.25, -0.2) is 5.01 Å². The second kappa shape index (κ2) is 7.57. The normalized spacial score (nSPS) is 14.1. The molecule has 0 aliphatic carbocycles. The smallest absolute Gasteiger partial charge is 0.271 e. The number of anilines is 2. The van der Waals surface area contributed by atoms with Crippen LogP contribution in [0.25, 0.3) is 0 Å². The molecule has 0 saturated heterocycles. The molecule has 2 heterocycles. The largest absolute Gasteiger partial charge is 0.320 e. The maximum Gasteiger partial charge on any atom is 0.271 e. The van der Waals surface area contributed by atoms with E-state index in [0.717, 1.165) is 11.1 Å². The van der Waals surface area contributed by atoms with Crippen LogP contribution in [-0.4, -0.2) is 22.1 Å². The minimum Gasteiger partial charge on any atom is -0.320 e. The predicted octanol–water partition coefficient (Wildman–Crippen LogP) is 2.61.